The second-order valence-corrected chi connectivity index (χ2v) is 5.88. The van der Waals surface area contributed by atoms with E-state index in [1.165, 1.54) is 39.8 Å². The maximum Gasteiger partial charge on any atom is 0.0348 e. The zero-order valence-electron chi connectivity index (χ0n) is 9.62. The fourth-order valence-electron chi connectivity index (χ4n) is 2.20. The van der Waals surface area contributed by atoms with E-state index in [4.69, 9.17) is 0 Å². The summed E-state index contributed by atoms with van der Waals surface area (Å²) in [7, 11) is 0. The average Bonchev–Trinajstić information content (AvgIpc) is 2.60. The van der Waals surface area contributed by atoms with Crippen LogP contribution in [0.3, 0.4) is 0 Å². The predicted octanol–water partition coefficient (Wildman–Crippen LogP) is 3.85. The van der Waals surface area contributed by atoms with Gasteiger partial charge in [0.25, 0.3) is 0 Å². The van der Waals surface area contributed by atoms with E-state index in [0.717, 1.165) is 12.6 Å². The van der Waals surface area contributed by atoms with Crippen molar-refractivity contribution in [3.63, 3.8) is 0 Å². The number of fused-ring (bicyclic) bond motifs is 1. The Labute approximate surface area is 100 Å². The standard InChI is InChI=1S/C14H17NS/c1-10-4-2-7-14-13(10)8-12(16-14)9-15-11-5-3-6-11/h2,4,7-8,11,15H,3,5-6,9H2,1H3. The van der Waals surface area contributed by atoms with E-state index in [1.807, 2.05) is 11.3 Å². The predicted molar refractivity (Wildman–Crippen MR) is 71.0 cm³/mol. The van der Waals surface area contributed by atoms with Crippen LogP contribution in [0.15, 0.2) is 24.3 Å². The number of thiophene rings is 1. The van der Waals surface area contributed by atoms with Crippen molar-refractivity contribution in [2.45, 2.75) is 38.8 Å². The van der Waals surface area contributed by atoms with Crippen molar-refractivity contribution in [3.8, 4) is 0 Å². The van der Waals surface area contributed by atoms with Crippen molar-refractivity contribution in [1.82, 2.24) is 5.32 Å². The smallest absolute Gasteiger partial charge is 0.0348 e. The average molecular weight is 231 g/mol. The molecule has 1 aromatic carbocycles. The molecule has 0 saturated heterocycles. The first-order valence-electron chi connectivity index (χ1n) is 6.04. The fraction of sp³-hybridized carbons (Fsp3) is 0.429. The van der Waals surface area contributed by atoms with Gasteiger partial charge in [0, 0.05) is 22.2 Å². The zero-order chi connectivity index (χ0) is 11.0. The van der Waals surface area contributed by atoms with Gasteiger partial charge in [0.05, 0.1) is 0 Å². The highest BCUT2D eigenvalue weighted by atomic mass is 32.1. The molecule has 0 aliphatic heterocycles. The van der Waals surface area contributed by atoms with Gasteiger partial charge in [0.15, 0.2) is 0 Å². The summed E-state index contributed by atoms with van der Waals surface area (Å²) in [4.78, 5) is 1.47. The Hall–Kier alpha value is -0.860. The minimum absolute atomic E-state index is 0.784. The maximum absolute atomic E-state index is 3.63. The summed E-state index contributed by atoms with van der Waals surface area (Å²) in [5.74, 6) is 0. The molecule has 0 spiro atoms. The van der Waals surface area contributed by atoms with Gasteiger partial charge in [0.2, 0.25) is 0 Å². The molecule has 84 valence electrons. The SMILES string of the molecule is Cc1cccc2sc(CNC3CCC3)cc12. The summed E-state index contributed by atoms with van der Waals surface area (Å²) < 4.78 is 1.42. The van der Waals surface area contributed by atoms with E-state index >= 15 is 0 Å². The highest BCUT2D eigenvalue weighted by Crippen LogP contribution is 2.28. The third-order valence-corrected chi connectivity index (χ3v) is 4.60. The van der Waals surface area contributed by atoms with Gasteiger partial charge in [-0.2, -0.15) is 0 Å². The molecule has 1 aliphatic carbocycles. The van der Waals surface area contributed by atoms with Crippen molar-refractivity contribution in [1.29, 1.82) is 0 Å². The van der Waals surface area contributed by atoms with Crippen LogP contribution in [0.1, 0.15) is 29.7 Å². The number of benzene rings is 1. The third kappa shape index (κ3) is 1.87. The highest BCUT2D eigenvalue weighted by Gasteiger charge is 2.16. The first-order valence-corrected chi connectivity index (χ1v) is 6.86. The van der Waals surface area contributed by atoms with Crippen LogP contribution in [0, 0.1) is 6.92 Å². The van der Waals surface area contributed by atoms with E-state index < -0.39 is 0 Å². The molecule has 2 heteroatoms. The molecule has 16 heavy (non-hydrogen) atoms. The molecule has 1 nitrogen and oxygen atoms in total. The van der Waals surface area contributed by atoms with Crippen LogP contribution in [0.2, 0.25) is 0 Å². The van der Waals surface area contributed by atoms with Crippen LogP contribution in [-0.2, 0) is 6.54 Å². The highest BCUT2D eigenvalue weighted by molar-refractivity contribution is 7.19. The molecule has 0 bridgehead atoms. The van der Waals surface area contributed by atoms with Gasteiger partial charge in [0.1, 0.15) is 0 Å². The van der Waals surface area contributed by atoms with Crippen LogP contribution >= 0.6 is 11.3 Å². The molecule has 2 aromatic rings. The molecule has 1 fully saturated rings. The molecule has 0 radical (unpaired) electrons. The summed E-state index contributed by atoms with van der Waals surface area (Å²) in [6, 6.07) is 9.70. The van der Waals surface area contributed by atoms with Gasteiger partial charge in [-0.3, -0.25) is 0 Å². The van der Waals surface area contributed by atoms with Crippen molar-refractivity contribution >= 4 is 21.4 Å². The lowest BCUT2D eigenvalue weighted by Gasteiger charge is -2.26. The van der Waals surface area contributed by atoms with E-state index in [-0.39, 0.29) is 0 Å². The Balaban J connectivity index is 1.79. The zero-order valence-corrected chi connectivity index (χ0v) is 10.4. The van der Waals surface area contributed by atoms with Crippen LogP contribution in [-0.4, -0.2) is 6.04 Å². The minimum atomic E-state index is 0.784. The van der Waals surface area contributed by atoms with Crippen LogP contribution in [0.25, 0.3) is 10.1 Å². The van der Waals surface area contributed by atoms with Gasteiger partial charge in [-0.1, -0.05) is 18.6 Å². The fourth-order valence-corrected chi connectivity index (χ4v) is 3.30. The van der Waals surface area contributed by atoms with Gasteiger partial charge in [-0.05, 0) is 42.8 Å². The summed E-state index contributed by atoms with van der Waals surface area (Å²) in [5.41, 5.74) is 1.39. The van der Waals surface area contributed by atoms with E-state index in [2.05, 4.69) is 36.5 Å². The molecule has 0 unspecified atom stereocenters. The van der Waals surface area contributed by atoms with Crippen LogP contribution in [0.5, 0.6) is 0 Å². The van der Waals surface area contributed by atoms with Crippen molar-refractivity contribution in [2.24, 2.45) is 0 Å². The molecular formula is C14H17NS. The number of hydrogen-bond donors (Lipinski definition) is 1. The van der Waals surface area contributed by atoms with Crippen LogP contribution in [0.4, 0.5) is 0 Å². The number of nitrogens with one attached hydrogen (secondary N) is 1. The first kappa shape index (κ1) is 10.3. The van der Waals surface area contributed by atoms with Gasteiger partial charge < -0.3 is 5.32 Å². The molecule has 3 rings (SSSR count). The molecule has 1 heterocycles. The summed E-state index contributed by atoms with van der Waals surface area (Å²) >= 11 is 1.93. The molecule has 0 amide bonds. The molecule has 0 atom stereocenters. The molecular weight excluding hydrogens is 214 g/mol. The Morgan fingerprint density at radius 1 is 1.38 bits per heavy atom. The van der Waals surface area contributed by atoms with E-state index in [1.54, 1.807) is 0 Å². The quantitative estimate of drug-likeness (QED) is 0.846. The van der Waals surface area contributed by atoms with E-state index in [0.29, 0.717) is 0 Å². The molecule has 1 aromatic heterocycles. The normalized spacial score (nSPS) is 16.6. The Morgan fingerprint density at radius 2 is 2.25 bits per heavy atom. The van der Waals surface area contributed by atoms with Gasteiger partial charge in [-0.15, -0.1) is 11.3 Å². The Kier molecular flexibility index (Phi) is 2.70. The topological polar surface area (TPSA) is 12.0 Å². The first-order chi connectivity index (χ1) is 7.83. The summed E-state index contributed by atoms with van der Waals surface area (Å²) in [6.45, 7) is 3.24. The number of rotatable bonds is 3. The second kappa shape index (κ2) is 4.19. The second-order valence-electron chi connectivity index (χ2n) is 4.71. The number of aryl methyl sites for hydroxylation is 1. The lowest BCUT2D eigenvalue weighted by molar-refractivity contribution is 0.339. The van der Waals surface area contributed by atoms with E-state index in [9.17, 15) is 0 Å². The lowest BCUT2D eigenvalue weighted by Crippen LogP contribution is -2.34. The van der Waals surface area contributed by atoms with Crippen molar-refractivity contribution < 1.29 is 0 Å². The molecule has 1 aliphatic rings. The van der Waals surface area contributed by atoms with Gasteiger partial charge in [-0.25, -0.2) is 0 Å². The summed E-state index contributed by atoms with van der Waals surface area (Å²) in [5, 5.41) is 5.05. The largest absolute Gasteiger partial charge is 0.309 e. The van der Waals surface area contributed by atoms with Crippen molar-refractivity contribution in [2.75, 3.05) is 0 Å². The summed E-state index contributed by atoms with van der Waals surface area (Å²) in [6.07, 6.45) is 4.14. The number of hydrogen-bond acceptors (Lipinski definition) is 2. The van der Waals surface area contributed by atoms with Gasteiger partial charge >= 0.3 is 0 Å². The maximum atomic E-state index is 3.63. The Morgan fingerprint density at radius 3 is 2.94 bits per heavy atom. The minimum Gasteiger partial charge on any atom is -0.309 e. The van der Waals surface area contributed by atoms with Crippen LogP contribution < -0.4 is 5.32 Å². The third-order valence-electron chi connectivity index (χ3n) is 3.50. The Bertz CT molecular complexity index is 496. The lowest BCUT2D eigenvalue weighted by atomic mass is 9.93. The monoisotopic (exact) mass is 231 g/mol. The van der Waals surface area contributed by atoms with Crippen molar-refractivity contribution in [3.05, 3.63) is 34.7 Å². The molecule has 1 N–H and O–H groups in total. The molecule has 1 saturated carbocycles.